The molecule has 2 aliphatic rings. The van der Waals surface area contributed by atoms with Gasteiger partial charge < -0.3 is 14.8 Å². The highest BCUT2D eigenvalue weighted by Crippen LogP contribution is 2.27. The molecule has 1 aliphatic carbocycles. The van der Waals surface area contributed by atoms with Crippen molar-refractivity contribution in [3.05, 3.63) is 65.2 Å². The maximum atomic E-state index is 13.3. The van der Waals surface area contributed by atoms with E-state index in [0.717, 1.165) is 51.4 Å². The van der Waals surface area contributed by atoms with Gasteiger partial charge in [0.05, 0.1) is 12.7 Å². The van der Waals surface area contributed by atoms with Gasteiger partial charge in [-0.15, -0.1) is 0 Å². The zero-order valence-corrected chi connectivity index (χ0v) is 16.2. The summed E-state index contributed by atoms with van der Waals surface area (Å²) in [4.78, 5) is 12.5. The van der Waals surface area contributed by atoms with Gasteiger partial charge in [-0.05, 0) is 49.8 Å². The first-order chi connectivity index (χ1) is 14.1. The first-order valence-corrected chi connectivity index (χ1v) is 10.2. The van der Waals surface area contributed by atoms with Crippen LogP contribution < -0.4 is 10.1 Å². The monoisotopic (exact) mass is 401 g/mol. The summed E-state index contributed by atoms with van der Waals surface area (Å²) in [6.45, 7) is 1.55. The van der Waals surface area contributed by atoms with Crippen LogP contribution in [0.25, 0.3) is 0 Å². The molecule has 1 atom stereocenters. The molecule has 1 unspecified atom stereocenters. The Morgan fingerprint density at radius 1 is 0.966 bits per heavy atom. The second-order valence-corrected chi connectivity index (χ2v) is 7.85. The van der Waals surface area contributed by atoms with Crippen LogP contribution in [0.2, 0.25) is 0 Å². The second kappa shape index (κ2) is 8.91. The number of rotatable bonds is 5. The van der Waals surface area contributed by atoms with Crippen LogP contribution in [0.4, 0.5) is 8.78 Å². The average Bonchev–Trinajstić information content (AvgIpc) is 3.24. The zero-order valence-electron chi connectivity index (χ0n) is 16.2. The normalized spacial score (nSPS) is 24.3. The van der Waals surface area contributed by atoms with Crippen LogP contribution in [-0.2, 0) is 4.74 Å². The van der Waals surface area contributed by atoms with Crippen molar-refractivity contribution in [1.82, 2.24) is 5.32 Å². The van der Waals surface area contributed by atoms with Crippen molar-refractivity contribution in [2.24, 2.45) is 0 Å². The Labute approximate surface area is 169 Å². The van der Waals surface area contributed by atoms with Crippen molar-refractivity contribution in [1.29, 1.82) is 0 Å². The van der Waals surface area contributed by atoms with Crippen LogP contribution in [0, 0.1) is 11.6 Å². The van der Waals surface area contributed by atoms with Crippen LogP contribution in [0.1, 0.15) is 53.9 Å². The Kier molecular flexibility index (Phi) is 6.09. The molecule has 29 heavy (non-hydrogen) atoms. The highest BCUT2D eigenvalue weighted by atomic mass is 19.1. The van der Waals surface area contributed by atoms with Gasteiger partial charge in [-0.1, -0.05) is 12.1 Å². The van der Waals surface area contributed by atoms with Gasteiger partial charge in [0.2, 0.25) is 0 Å². The highest BCUT2D eigenvalue weighted by Gasteiger charge is 2.24. The van der Waals surface area contributed by atoms with Crippen LogP contribution in [0.15, 0.2) is 42.5 Å². The quantitative estimate of drug-likeness (QED) is 0.797. The summed E-state index contributed by atoms with van der Waals surface area (Å²) < 4.78 is 37.7. The van der Waals surface area contributed by atoms with Gasteiger partial charge in [0, 0.05) is 42.3 Å². The molecule has 2 fully saturated rings. The van der Waals surface area contributed by atoms with Gasteiger partial charge >= 0.3 is 0 Å². The zero-order chi connectivity index (χ0) is 20.2. The molecule has 0 radical (unpaired) electrons. The number of benzene rings is 2. The summed E-state index contributed by atoms with van der Waals surface area (Å²) in [6.07, 6.45) is 3.92. The van der Waals surface area contributed by atoms with E-state index in [0.29, 0.717) is 11.5 Å². The van der Waals surface area contributed by atoms with Gasteiger partial charge in [-0.25, -0.2) is 8.78 Å². The fourth-order valence-electron chi connectivity index (χ4n) is 4.09. The predicted molar refractivity (Wildman–Crippen MR) is 105 cm³/mol. The number of carbonyl (C=O) groups is 1. The largest absolute Gasteiger partial charge is 0.490 e. The highest BCUT2D eigenvalue weighted by molar-refractivity contribution is 5.94. The minimum absolute atomic E-state index is 0.0733. The molecule has 2 aromatic rings. The fraction of sp³-hybridized carbons (Fsp3) is 0.435. The van der Waals surface area contributed by atoms with Crippen molar-refractivity contribution in [3.8, 4) is 5.75 Å². The molecule has 1 N–H and O–H groups in total. The molecule has 1 saturated carbocycles. The van der Waals surface area contributed by atoms with E-state index in [1.54, 1.807) is 0 Å². The van der Waals surface area contributed by atoms with Crippen molar-refractivity contribution in [3.63, 3.8) is 0 Å². The summed E-state index contributed by atoms with van der Waals surface area (Å²) in [5.74, 6) is -0.729. The number of amides is 1. The number of hydrogen-bond acceptors (Lipinski definition) is 3. The van der Waals surface area contributed by atoms with Crippen LogP contribution in [-0.4, -0.2) is 31.3 Å². The number of ether oxygens (including phenoxy) is 2. The third kappa shape index (κ3) is 5.12. The van der Waals surface area contributed by atoms with E-state index >= 15 is 0 Å². The molecule has 1 amide bonds. The lowest BCUT2D eigenvalue weighted by atomic mass is 9.92. The lowest BCUT2D eigenvalue weighted by Gasteiger charge is -2.29. The Morgan fingerprint density at radius 2 is 1.66 bits per heavy atom. The molecular weight excluding hydrogens is 376 g/mol. The fourth-order valence-corrected chi connectivity index (χ4v) is 4.09. The third-order valence-electron chi connectivity index (χ3n) is 5.72. The molecule has 4 rings (SSSR count). The van der Waals surface area contributed by atoms with Gasteiger partial charge in [-0.2, -0.15) is 0 Å². The second-order valence-electron chi connectivity index (χ2n) is 7.85. The topological polar surface area (TPSA) is 47.6 Å². The van der Waals surface area contributed by atoms with Crippen LogP contribution in [0.3, 0.4) is 0 Å². The smallest absolute Gasteiger partial charge is 0.251 e. The van der Waals surface area contributed by atoms with E-state index in [1.807, 2.05) is 24.3 Å². The summed E-state index contributed by atoms with van der Waals surface area (Å²) in [5.41, 5.74) is 1.87. The number of halogens is 2. The third-order valence-corrected chi connectivity index (χ3v) is 5.72. The SMILES string of the molecule is O=C(NC1CCC(Oc2cc(F)cc(F)c2)CC1)c1ccc(C2CCOC2)cc1. The molecule has 0 spiro atoms. The maximum absolute atomic E-state index is 13.3. The van der Waals surface area contributed by atoms with Gasteiger partial charge in [0.15, 0.2) is 0 Å². The lowest BCUT2D eigenvalue weighted by Crippen LogP contribution is -2.39. The van der Waals surface area contributed by atoms with Crippen molar-refractivity contribution in [2.45, 2.75) is 50.2 Å². The van der Waals surface area contributed by atoms with Crippen molar-refractivity contribution < 1.29 is 23.0 Å². The van der Waals surface area contributed by atoms with Gasteiger partial charge in [-0.3, -0.25) is 4.79 Å². The Balaban J connectivity index is 1.26. The van der Waals surface area contributed by atoms with Crippen LogP contribution >= 0.6 is 0 Å². The molecule has 1 aliphatic heterocycles. The molecule has 154 valence electrons. The standard InChI is InChI=1S/C23H25F2NO3/c24-18-11-19(25)13-22(12-18)29-21-7-5-20(6-8-21)26-23(27)16-3-1-15(2-4-16)17-9-10-28-14-17/h1-4,11-13,17,20-21H,5-10,14H2,(H,26,27). The summed E-state index contributed by atoms with van der Waals surface area (Å²) in [5, 5.41) is 3.09. The van der Waals surface area contributed by atoms with E-state index in [9.17, 15) is 13.6 Å². The molecule has 0 bridgehead atoms. The molecule has 0 aromatic heterocycles. The molecule has 2 aromatic carbocycles. The van der Waals surface area contributed by atoms with Crippen molar-refractivity contribution >= 4 is 5.91 Å². The molecule has 1 heterocycles. The van der Waals surface area contributed by atoms with E-state index in [4.69, 9.17) is 9.47 Å². The summed E-state index contributed by atoms with van der Waals surface area (Å²) in [6, 6.07) is 11.1. The molecule has 6 heteroatoms. The first-order valence-electron chi connectivity index (χ1n) is 10.2. The van der Waals surface area contributed by atoms with E-state index in [2.05, 4.69) is 5.32 Å². The predicted octanol–water partition coefficient (Wildman–Crippen LogP) is 4.59. The average molecular weight is 401 g/mol. The minimum Gasteiger partial charge on any atom is -0.490 e. The Bertz CT molecular complexity index is 821. The van der Waals surface area contributed by atoms with Crippen molar-refractivity contribution in [2.75, 3.05) is 13.2 Å². The van der Waals surface area contributed by atoms with Gasteiger partial charge in [0.25, 0.3) is 5.91 Å². The van der Waals surface area contributed by atoms with E-state index in [1.165, 1.54) is 17.7 Å². The molecule has 4 nitrogen and oxygen atoms in total. The molecular formula is C23H25F2NO3. The Morgan fingerprint density at radius 3 is 2.28 bits per heavy atom. The van der Waals surface area contributed by atoms with E-state index in [-0.39, 0.29) is 23.8 Å². The Hall–Kier alpha value is -2.47. The van der Waals surface area contributed by atoms with Gasteiger partial charge in [0.1, 0.15) is 17.4 Å². The maximum Gasteiger partial charge on any atom is 0.251 e. The number of nitrogens with one attached hydrogen (secondary N) is 1. The summed E-state index contributed by atoms with van der Waals surface area (Å²) in [7, 11) is 0. The number of carbonyl (C=O) groups excluding carboxylic acids is 1. The van der Waals surface area contributed by atoms with E-state index < -0.39 is 11.6 Å². The summed E-state index contributed by atoms with van der Waals surface area (Å²) >= 11 is 0. The van der Waals surface area contributed by atoms with Crippen LogP contribution in [0.5, 0.6) is 5.75 Å². The minimum atomic E-state index is -0.646. The first kappa shape index (κ1) is 19.8. The molecule has 1 saturated heterocycles. The number of hydrogen-bond donors (Lipinski definition) is 1. The lowest BCUT2D eigenvalue weighted by molar-refractivity contribution is 0.0893.